The monoisotopic (exact) mass is 183 g/mol. The Bertz CT molecular complexity index is 230. The summed E-state index contributed by atoms with van der Waals surface area (Å²) in [7, 11) is 0. The van der Waals surface area contributed by atoms with Gasteiger partial charge in [-0.25, -0.2) is 4.79 Å². The standard InChI is InChI=1S/C9H13NO3/c1-4-8(12-5-2)13-9(11)7(3)6-10/h8H,3-5H2,1-2H3. The maximum Gasteiger partial charge on any atom is 0.350 e. The predicted molar refractivity (Wildman–Crippen MR) is 46.6 cm³/mol. The second kappa shape index (κ2) is 6.21. The lowest BCUT2D eigenvalue weighted by Gasteiger charge is -2.14. The van der Waals surface area contributed by atoms with Crippen molar-refractivity contribution < 1.29 is 14.3 Å². The van der Waals surface area contributed by atoms with Crippen LogP contribution < -0.4 is 0 Å². The van der Waals surface area contributed by atoms with E-state index >= 15 is 0 Å². The molecule has 0 bridgehead atoms. The second-order valence-electron chi connectivity index (χ2n) is 2.29. The van der Waals surface area contributed by atoms with E-state index in [0.717, 1.165) is 0 Å². The van der Waals surface area contributed by atoms with Gasteiger partial charge < -0.3 is 9.47 Å². The molecule has 0 saturated heterocycles. The highest BCUT2D eigenvalue weighted by molar-refractivity contribution is 5.91. The van der Waals surface area contributed by atoms with Crippen LogP contribution in [0, 0.1) is 11.3 Å². The van der Waals surface area contributed by atoms with Crippen molar-refractivity contribution in [2.45, 2.75) is 26.6 Å². The largest absolute Gasteiger partial charge is 0.432 e. The number of carbonyl (C=O) groups is 1. The average Bonchev–Trinajstić information content (AvgIpc) is 2.15. The number of carbonyl (C=O) groups excluding carboxylic acids is 1. The van der Waals surface area contributed by atoms with Crippen LogP contribution in [-0.2, 0) is 14.3 Å². The Labute approximate surface area is 77.8 Å². The number of esters is 1. The van der Waals surface area contributed by atoms with Crippen LogP contribution in [0.5, 0.6) is 0 Å². The van der Waals surface area contributed by atoms with E-state index in [1.165, 1.54) is 0 Å². The van der Waals surface area contributed by atoms with Crippen LogP contribution in [0.25, 0.3) is 0 Å². The summed E-state index contributed by atoms with van der Waals surface area (Å²) in [6.07, 6.45) is -0.0271. The summed E-state index contributed by atoms with van der Waals surface area (Å²) in [5.41, 5.74) is -0.210. The molecule has 0 amide bonds. The minimum absolute atomic E-state index is 0.210. The SMILES string of the molecule is C=C(C#N)C(=O)OC(CC)OCC. The van der Waals surface area contributed by atoms with Crippen LogP contribution in [-0.4, -0.2) is 18.9 Å². The molecule has 1 unspecified atom stereocenters. The summed E-state index contributed by atoms with van der Waals surface area (Å²) in [5.74, 6) is -0.720. The Hall–Kier alpha value is -1.34. The summed E-state index contributed by atoms with van der Waals surface area (Å²) < 4.78 is 9.87. The average molecular weight is 183 g/mol. The van der Waals surface area contributed by atoms with E-state index in [4.69, 9.17) is 14.7 Å². The molecule has 0 aromatic rings. The fraction of sp³-hybridized carbons (Fsp3) is 0.556. The van der Waals surface area contributed by atoms with E-state index < -0.39 is 12.3 Å². The molecule has 0 aromatic heterocycles. The second-order valence-corrected chi connectivity index (χ2v) is 2.29. The van der Waals surface area contributed by atoms with Gasteiger partial charge in [-0.1, -0.05) is 13.5 Å². The normalized spacial score (nSPS) is 11.5. The number of hydrogen-bond acceptors (Lipinski definition) is 4. The van der Waals surface area contributed by atoms with Gasteiger partial charge in [-0.2, -0.15) is 5.26 Å². The molecule has 4 heteroatoms. The van der Waals surface area contributed by atoms with E-state index in [2.05, 4.69) is 6.58 Å². The van der Waals surface area contributed by atoms with Crippen molar-refractivity contribution in [3.05, 3.63) is 12.2 Å². The molecule has 0 spiro atoms. The van der Waals surface area contributed by atoms with Gasteiger partial charge in [-0.3, -0.25) is 0 Å². The third-order valence-corrected chi connectivity index (χ3v) is 1.31. The van der Waals surface area contributed by atoms with E-state index in [0.29, 0.717) is 13.0 Å². The maximum atomic E-state index is 11.0. The van der Waals surface area contributed by atoms with Crippen molar-refractivity contribution >= 4 is 5.97 Å². The molecule has 0 rings (SSSR count). The smallest absolute Gasteiger partial charge is 0.350 e. The van der Waals surface area contributed by atoms with Crippen molar-refractivity contribution in [3.8, 4) is 6.07 Å². The van der Waals surface area contributed by atoms with Crippen molar-refractivity contribution in [1.82, 2.24) is 0 Å². The van der Waals surface area contributed by atoms with E-state index in [9.17, 15) is 4.79 Å². The lowest BCUT2D eigenvalue weighted by Crippen LogP contribution is -2.21. The summed E-state index contributed by atoms with van der Waals surface area (Å²) in [5, 5.41) is 8.33. The molecule has 1 atom stereocenters. The maximum absolute atomic E-state index is 11.0. The zero-order valence-corrected chi connectivity index (χ0v) is 7.87. The van der Waals surface area contributed by atoms with Crippen LogP contribution in [0.3, 0.4) is 0 Å². The summed E-state index contributed by atoms with van der Waals surface area (Å²) in [6, 6.07) is 1.61. The molecule has 0 aromatic carbocycles. The van der Waals surface area contributed by atoms with Gasteiger partial charge in [0.05, 0.1) is 0 Å². The van der Waals surface area contributed by atoms with Crippen LogP contribution in [0.15, 0.2) is 12.2 Å². The van der Waals surface area contributed by atoms with Crippen molar-refractivity contribution in [3.63, 3.8) is 0 Å². The topological polar surface area (TPSA) is 59.3 Å². The minimum Gasteiger partial charge on any atom is -0.432 e. The Kier molecular flexibility index (Phi) is 5.57. The molecule has 0 aliphatic heterocycles. The first kappa shape index (κ1) is 11.7. The molecule has 0 heterocycles. The molecular formula is C9H13NO3. The number of rotatable bonds is 5. The first-order valence-corrected chi connectivity index (χ1v) is 4.07. The van der Waals surface area contributed by atoms with E-state index in [-0.39, 0.29) is 5.57 Å². The van der Waals surface area contributed by atoms with Gasteiger partial charge in [0.15, 0.2) is 0 Å². The Balaban J connectivity index is 4.02. The number of nitrogens with zero attached hydrogens (tertiary/aromatic N) is 1. The summed E-state index contributed by atoms with van der Waals surface area (Å²) in [4.78, 5) is 11.0. The molecule has 0 N–H and O–H groups in total. The number of hydrogen-bond donors (Lipinski definition) is 0. The van der Waals surface area contributed by atoms with Crippen LogP contribution in [0.4, 0.5) is 0 Å². The predicted octanol–water partition coefficient (Wildman–Crippen LogP) is 1.38. The summed E-state index contributed by atoms with van der Waals surface area (Å²) >= 11 is 0. The van der Waals surface area contributed by atoms with Gasteiger partial charge in [0, 0.05) is 13.0 Å². The van der Waals surface area contributed by atoms with Gasteiger partial charge in [0.1, 0.15) is 11.6 Å². The molecule has 72 valence electrons. The lowest BCUT2D eigenvalue weighted by atomic mass is 10.3. The Morgan fingerprint density at radius 1 is 1.62 bits per heavy atom. The third-order valence-electron chi connectivity index (χ3n) is 1.31. The third kappa shape index (κ3) is 4.28. The van der Waals surface area contributed by atoms with Crippen LogP contribution in [0.1, 0.15) is 20.3 Å². The molecule has 0 radical (unpaired) electrons. The molecule has 13 heavy (non-hydrogen) atoms. The number of ether oxygens (including phenoxy) is 2. The fourth-order valence-electron chi connectivity index (χ4n) is 0.657. The van der Waals surface area contributed by atoms with Crippen molar-refractivity contribution in [2.75, 3.05) is 6.61 Å². The van der Waals surface area contributed by atoms with E-state index in [1.54, 1.807) is 13.0 Å². The molecule has 0 saturated carbocycles. The Morgan fingerprint density at radius 3 is 2.62 bits per heavy atom. The zero-order valence-electron chi connectivity index (χ0n) is 7.87. The highest BCUT2D eigenvalue weighted by atomic mass is 16.7. The quantitative estimate of drug-likeness (QED) is 0.279. The minimum atomic E-state index is -0.720. The molecule has 0 aliphatic carbocycles. The molecular weight excluding hydrogens is 170 g/mol. The highest BCUT2D eigenvalue weighted by Crippen LogP contribution is 2.03. The Morgan fingerprint density at radius 2 is 2.23 bits per heavy atom. The highest BCUT2D eigenvalue weighted by Gasteiger charge is 2.14. The van der Waals surface area contributed by atoms with Gasteiger partial charge in [-0.15, -0.1) is 0 Å². The van der Waals surface area contributed by atoms with Crippen molar-refractivity contribution in [1.29, 1.82) is 5.26 Å². The van der Waals surface area contributed by atoms with Gasteiger partial charge in [-0.05, 0) is 6.92 Å². The van der Waals surface area contributed by atoms with Gasteiger partial charge in [0.25, 0.3) is 0 Å². The molecule has 0 aliphatic rings. The van der Waals surface area contributed by atoms with Crippen LogP contribution in [0.2, 0.25) is 0 Å². The van der Waals surface area contributed by atoms with Gasteiger partial charge in [0.2, 0.25) is 6.29 Å². The first-order valence-electron chi connectivity index (χ1n) is 4.07. The first-order chi connectivity index (χ1) is 6.15. The number of nitriles is 1. The van der Waals surface area contributed by atoms with Gasteiger partial charge >= 0.3 is 5.97 Å². The molecule has 4 nitrogen and oxygen atoms in total. The summed E-state index contributed by atoms with van der Waals surface area (Å²) in [6.45, 7) is 7.32. The fourth-order valence-corrected chi connectivity index (χ4v) is 0.657. The van der Waals surface area contributed by atoms with Crippen LogP contribution >= 0.6 is 0 Å². The van der Waals surface area contributed by atoms with Crippen molar-refractivity contribution in [2.24, 2.45) is 0 Å². The zero-order chi connectivity index (χ0) is 10.3. The molecule has 0 fully saturated rings. The lowest BCUT2D eigenvalue weighted by molar-refractivity contribution is -0.173. The van der Waals surface area contributed by atoms with E-state index in [1.807, 2.05) is 6.92 Å².